The van der Waals surface area contributed by atoms with Crippen LogP contribution in [-0.4, -0.2) is 36.6 Å². The average Bonchev–Trinajstić information content (AvgIpc) is 2.63. The minimum atomic E-state index is -0.704. The Morgan fingerprint density at radius 1 is 1.15 bits per heavy atom. The van der Waals surface area contributed by atoms with Gasteiger partial charge < -0.3 is 15.4 Å². The number of carbonyl (C=O) groups is 3. The molecule has 0 aromatic heterocycles. The van der Waals surface area contributed by atoms with Gasteiger partial charge in [0.1, 0.15) is 12.6 Å². The van der Waals surface area contributed by atoms with Crippen molar-refractivity contribution in [3.8, 4) is 0 Å². The quantitative estimate of drug-likeness (QED) is 0.236. The topological polar surface area (TPSA) is 106 Å². The highest BCUT2D eigenvalue weighted by molar-refractivity contribution is 5.78. The third-order valence-corrected chi connectivity index (χ3v) is 3.43. The lowest BCUT2D eigenvalue weighted by Crippen LogP contribution is -2.40. The van der Waals surface area contributed by atoms with Crippen LogP contribution < -0.4 is 16.1 Å². The molecule has 0 aliphatic heterocycles. The Balaban J connectivity index is 2.24. The van der Waals surface area contributed by atoms with Gasteiger partial charge in [0.15, 0.2) is 0 Å². The number of urea groups is 1. The fourth-order valence-corrected chi connectivity index (χ4v) is 2.09. The molecule has 0 heterocycles. The summed E-state index contributed by atoms with van der Waals surface area (Å²) in [7, 11) is 0. The van der Waals surface area contributed by atoms with Gasteiger partial charge in [0.25, 0.3) is 0 Å². The number of hydroxylamine groups is 1. The molecule has 150 valence electrons. The van der Waals surface area contributed by atoms with Gasteiger partial charge in [-0.2, -0.15) is 0 Å². The molecule has 27 heavy (non-hydrogen) atoms. The minimum absolute atomic E-state index is 0.159. The molecular weight excluding hydrogens is 350 g/mol. The summed E-state index contributed by atoms with van der Waals surface area (Å²) in [6.45, 7) is 6.05. The molecule has 0 saturated carbocycles. The summed E-state index contributed by atoms with van der Waals surface area (Å²) in [6, 6.07) is 8.19. The maximum Gasteiger partial charge on any atom is 0.338 e. The van der Waals surface area contributed by atoms with E-state index in [1.807, 2.05) is 51.1 Å². The molecule has 3 N–H and O–H groups in total. The number of nitrogens with one attached hydrogen (secondary N) is 3. The molecule has 3 amide bonds. The Hall–Kier alpha value is -2.61. The summed E-state index contributed by atoms with van der Waals surface area (Å²) in [5.41, 5.74) is 2.72. The molecule has 0 saturated heterocycles. The van der Waals surface area contributed by atoms with Crippen molar-refractivity contribution in [1.82, 2.24) is 16.1 Å². The molecule has 8 heteroatoms. The van der Waals surface area contributed by atoms with E-state index in [1.165, 1.54) is 0 Å². The zero-order valence-corrected chi connectivity index (χ0v) is 16.1. The predicted molar refractivity (Wildman–Crippen MR) is 100 cm³/mol. The molecule has 1 aromatic carbocycles. The molecule has 8 nitrogen and oxygen atoms in total. The van der Waals surface area contributed by atoms with E-state index in [0.29, 0.717) is 32.2 Å². The van der Waals surface area contributed by atoms with Crippen LogP contribution in [0.4, 0.5) is 4.79 Å². The van der Waals surface area contributed by atoms with Gasteiger partial charge in [-0.3, -0.25) is 9.63 Å². The highest BCUT2D eigenvalue weighted by atomic mass is 16.7. The van der Waals surface area contributed by atoms with E-state index >= 15 is 0 Å². The minimum Gasteiger partial charge on any atom is -0.459 e. The lowest BCUT2D eigenvalue weighted by atomic mass is 10.1. The van der Waals surface area contributed by atoms with Crippen LogP contribution in [0.3, 0.4) is 0 Å². The summed E-state index contributed by atoms with van der Waals surface area (Å²) in [6.07, 6.45) is 2.19. The molecule has 0 aliphatic rings. The standard InChI is InChI=1S/C19H29N3O5/c1-19(2,3)27-22-18(25)20-12-8-7-11-16(21-14-23)17(24)26-13-15-9-5-4-6-10-15/h4-6,9-10,14,16H,7-8,11-13H2,1-3H3,(H,21,23)(H2,20,22,25)/t16-/m0/s1. The highest BCUT2D eigenvalue weighted by Crippen LogP contribution is 2.06. The van der Waals surface area contributed by atoms with Gasteiger partial charge in [-0.15, -0.1) is 0 Å². The number of esters is 1. The van der Waals surface area contributed by atoms with Crippen LogP contribution in [0.15, 0.2) is 30.3 Å². The molecule has 0 fully saturated rings. The Labute approximate surface area is 159 Å². The molecule has 0 radical (unpaired) electrons. The van der Waals surface area contributed by atoms with E-state index in [4.69, 9.17) is 9.57 Å². The fraction of sp³-hybridized carbons (Fsp3) is 0.526. The van der Waals surface area contributed by atoms with Crippen molar-refractivity contribution < 1.29 is 24.0 Å². The van der Waals surface area contributed by atoms with E-state index in [1.54, 1.807) is 0 Å². The van der Waals surface area contributed by atoms with Gasteiger partial charge in [-0.1, -0.05) is 30.3 Å². The lowest BCUT2D eigenvalue weighted by Gasteiger charge is -2.19. The molecule has 0 bridgehead atoms. The Morgan fingerprint density at radius 2 is 1.85 bits per heavy atom. The Morgan fingerprint density at radius 3 is 2.48 bits per heavy atom. The Kier molecular flexibility index (Phi) is 9.89. The van der Waals surface area contributed by atoms with Gasteiger partial charge in [0.2, 0.25) is 6.41 Å². The van der Waals surface area contributed by atoms with E-state index in [9.17, 15) is 14.4 Å². The van der Waals surface area contributed by atoms with Crippen LogP contribution in [0, 0.1) is 0 Å². The SMILES string of the molecule is CC(C)(C)ONC(=O)NCCCC[C@H](NC=O)C(=O)OCc1ccccc1. The first-order chi connectivity index (χ1) is 12.8. The molecule has 1 aromatic rings. The molecule has 0 spiro atoms. The zero-order chi connectivity index (χ0) is 20.1. The number of carbonyl (C=O) groups excluding carboxylic acids is 3. The second kappa shape index (κ2) is 11.9. The molecule has 0 aliphatic carbocycles. The highest BCUT2D eigenvalue weighted by Gasteiger charge is 2.19. The van der Waals surface area contributed by atoms with Crippen molar-refractivity contribution in [3.63, 3.8) is 0 Å². The molecule has 1 atom stereocenters. The fourth-order valence-electron chi connectivity index (χ4n) is 2.09. The van der Waals surface area contributed by atoms with Crippen LogP contribution in [-0.2, 0) is 25.8 Å². The van der Waals surface area contributed by atoms with E-state index in [-0.39, 0.29) is 6.61 Å². The van der Waals surface area contributed by atoms with Crippen LogP contribution in [0.5, 0.6) is 0 Å². The molecular formula is C19H29N3O5. The summed E-state index contributed by atoms with van der Waals surface area (Å²) in [5.74, 6) is -0.477. The summed E-state index contributed by atoms with van der Waals surface area (Å²) >= 11 is 0. The van der Waals surface area contributed by atoms with Gasteiger partial charge in [-0.05, 0) is 45.6 Å². The normalized spacial score (nSPS) is 12.0. The summed E-state index contributed by atoms with van der Waals surface area (Å²) in [4.78, 5) is 39.5. The smallest absolute Gasteiger partial charge is 0.338 e. The monoisotopic (exact) mass is 379 g/mol. The van der Waals surface area contributed by atoms with Gasteiger partial charge in [-0.25, -0.2) is 15.1 Å². The second-order valence-electron chi connectivity index (χ2n) is 7.00. The van der Waals surface area contributed by atoms with Crippen molar-refractivity contribution in [2.75, 3.05) is 6.54 Å². The second-order valence-corrected chi connectivity index (χ2v) is 7.00. The van der Waals surface area contributed by atoms with E-state index in [0.717, 1.165) is 5.56 Å². The number of hydrogen-bond donors (Lipinski definition) is 3. The zero-order valence-electron chi connectivity index (χ0n) is 16.1. The largest absolute Gasteiger partial charge is 0.459 e. The number of unbranched alkanes of at least 4 members (excludes halogenated alkanes) is 1. The number of hydrogen-bond acceptors (Lipinski definition) is 5. The van der Waals surface area contributed by atoms with Crippen LogP contribution in [0.25, 0.3) is 0 Å². The lowest BCUT2D eigenvalue weighted by molar-refractivity contribution is -0.148. The summed E-state index contributed by atoms with van der Waals surface area (Å²) < 4.78 is 5.25. The Bertz CT molecular complexity index is 587. The van der Waals surface area contributed by atoms with Crippen molar-refractivity contribution >= 4 is 18.4 Å². The first kappa shape index (κ1) is 22.4. The predicted octanol–water partition coefficient (Wildman–Crippen LogP) is 2.04. The van der Waals surface area contributed by atoms with Crippen molar-refractivity contribution in [3.05, 3.63) is 35.9 Å². The number of ether oxygens (including phenoxy) is 1. The maximum atomic E-state index is 12.1. The van der Waals surface area contributed by atoms with Gasteiger partial charge in [0.05, 0.1) is 5.60 Å². The van der Waals surface area contributed by atoms with E-state index in [2.05, 4.69) is 16.1 Å². The third kappa shape index (κ3) is 10.9. The third-order valence-electron chi connectivity index (χ3n) is 3.43. The molecule has 1 rings (SSSR count). The number of rotatable bonds is 11. The number of amides is 3. The van der Waals surface area contributed by atoms with Gasteiger partial charge in [0, 0.05) is 6.54 Å². The van der Waals surface area contributed by atoms with Crippen LogP contribution >= 0.6 is 0 Å². The summed E-state index contributed by atoms with van der Waals surface area (Å²) in [5, 5.41) is 5.14. The first-order valence-electron chi connectivity index (χ1n) is 8.94. The van der Waals surface area contributed by atoms with Crippen LogP contribution in [0.1, 0.15) is 45.6 Å². The van der Waals surface area contributed by atoms with Gasteiger partial charge >= 0.3 is 12.0 Å². The van der Waals surface area contributed by atoms with Crippen molar-refractivity contribution in [1.29, 1.82) is 0 Å². The maximum absolute atomic E-state index is 12.1. The number of benzene rings is 1. The van der Waals surface area contributed by atoms with Crippen molar-refractivity contribution in [2.24, 2.45) is 0 Å². The van der Waals surface area contributed by atoms with E-state index < -0.39 is 23.6 Å². The van der Waals surface area contributed by atoms with Crippen molar-refractivity contribution in [2.45, 2.75) is 58.3 Å². The van der Waals surface area contributed by atoms with Crippen LogP contribution in [0.2, 0.25) is 0 Å². The first-order valence-corrected chi connectivity index (χ1v) is 8.94. The molecule has 0 unspecified atom stereocenters. The average molecular weight is 379 g/mol.